The molecule has 0 unspecified atom stereocenters. The van der Waals surface area contributed by atoms with Crippen molar-refractivity contribution in [3.63, 3.8) is 0 Å². The first-order valence-electron chi connectivity index (χ1n) is 9.53. The molecule has 0 N–H and O–H groups in total. The Balaban J connectivity index is 1.39. The fraction of sp³-hybridized carbons (Fsp3) is 0.368. The van der Waals surface area contributed by atoms with Gasteiger partial charge >= 0.3 is 6.09 Å². The molecule has 4 heterocycles. The van der Waals surface area contributed by atoms with Gasteiger partial charge in [-0.1, -0.05) is 29.3 Å². The number of ether oxygens (including phenoxy) is 1. The summed E-state index contributed by atoms with van der Waals surface area (Å²) in [5.74, 6) is 0. The summed E-state index contributed by atoms with van der Waals surface area (Å²) in [7, 11) is -3.81. The van der Waals surface area contributed by atoms with Gasteiger partial charge in [-0.05, 0) is 25.8 Å². The molecule has 2 aromatic heterocycles. The Morgan fingerprint density at radius 1 is 1.27 bits per heavy atom. The number of imidazole rings is 1. The van der Waals surface area contributed by atoms with Crippen LogP contribution in [0.1, 0.15) is 24.0 Å². The van der Waals surface area contributed by atoms with E-state index in [0.717, 1.165) is 16.8 Å². The van der Waals surface area contributed by atoms with Crippen molar-refractivity contribution in [1.82, 2.24) is 13.7 Å². The summed E-state index contributed by atoms with van der Waals surface area (Å²) in [6.45, 7) is 2.82. The van der Waals surface area contributed by atoms with E-state index in [4.69, 9.17) is 16.3 Å². The van der Waals surface area contributed by atoms with E-state index in [2.05, 4.69) is 4.98 Å². The normalized spacial score (nSPS) is 18.6. The number of anilines is 1. The number of nitrogens with zero attached hydrogens (tertiary/aromatic N) is 4. The Bertz CT molecular complexity index is 1240. The number of benzene rings is 1. The number of rotatable bonds is 3. The first-order valence-corrected chi connectivity index (χ1v) is 12.2. The largest absolute Gasteiger partial charge is 0.444 e. The Kier molecular flexibility index (Phi) is 4.77. The summed E-state index contributed by atoms with van der Waals surface area (Å²) in [5, 5.41) is 1.75. The van der Waals surface area contributed by atoms with Gasteiger partial charge in [0, 0.05) is 36.3 Å². The number of sulfonamides is 1. The van der Waals surface area contributed by atoms with Crippen molar-refractivity contribution >= 4 is 49.7 Å². The molecule has 1 aromatic carbocycles. The topological polar surface area (TPSA) is 84.2 Å². The summed E-state index contributed by atoms with van der Waals surface area (Å²) >= 11 is 7.48. The lowest BCUT2D eigenvalue weighted by Gasteiger charge is -2.39. The van der Waals surface area contributed by atoms with E-state index >= 15 is 0 Å². The highest BCUT2D eigenvalue weighted by Crippen LogP contribution is 2.34. The number of cyclic esters (lactones) is 1. The number of carbonyl (C=O) groups is 1. The van der Waals surface area contributed by atoms with Crippen LogP contribution in [-0.4, -0.2) is 47.3 Å². The maximum Gasteiger partial charge on any atom is 0.414 e. The number of piperidine rings is 1. The van der Waals surface area contributed by atoms with E-state index in [9.17, 15) is 13.2 Å². The van der Waals surface area contributed by atoms with E-state index < -0.39 is 10.0 Å². The van der Waals surface area contributed by atoms with Gasteiger partial charge in [0.15, 0.2) is 15.1 Å². The highest BCUT2D eigenvalue weighted by Gasteiger charge is 2.39. The molecule has 0 bridgehead atoms. The number of aryl methyl sites for hydroxylation is 1. The monoisotopic (exact) mass is 466 g/mol. The van der Waals surface area contributed by atoms with Gasteiger partial charge in [-0.2, -0.15) is 4.31 Å². The molecule has 8 nitrogen and oxygen atoms in total. The minimum absolute atomic E-state index is 0.00271. The van der Waals surface area contributed by atoms with Gasteiger partial charge in [0.1, 0.15) is 6.61 Å². The molecule has 0 radical (unpaired) electrons. The highest BCUT2D eigenvalue weighted by atomic mass is 35.5. The smallest absolute Gasteiger partial charge is 0.414 e. The van der Waals surface area contributed by atoms with Crippen LogP contribution >= 0.6 is 22.9 Å². The minimum Gasteiger partial charge on any atom is -0.444 e. The second kappa shape index (κ2) is 7.23. The van der Waals surface area contributed by atoms with Gasteiger partial charge in [0.05, 0.1) is 5.69 Å². The summed E-state index contributed by atoms with van der Waals surface area (Å²) in [6.07, 6.45) is 2.28. The van der Waals surface area contributed by atoms with E-state index in [-0.39, 0.29) is 42.0 Å². The molecule has 158 valence electrons. The lowest BCUT2D eigenvalue weighted by atomic mass is 10.0. The average molecular weight is 467 g/mol. The molecule has 2 aliphatic rings. The van der Waals surface area contributed by atoms with Crippen LogP contribution in [0.3, 0.4) is 0 Å². The van der Waals surface area contributed by atoms with Crippen molar-refractivity contribution in [2.45, 2.75) is 37.4 Å². The molecule has 5 rings (SSSR count). The Morgan fingerprint density at radius 3 is 2.80 bits per heavy atom. The van der Waals surface area contributed by atoms with Crippen molar-refractivity contribution in [1.29, 1.82) is 0 Å². The number of fused-ring (bicyclic) bond motifs is 2. The van der Waals surface area contributed by atoms with Crippen LogP contribution in [-0.2, 0) is 21.4 Å². The average Bonchev–Trinajstić information content (AvgIpc) is 3.28. The molecule has 1 fully saturated rings. The summed E-state index contributed by atoms with van der Waals surface area (Å²) < 4.78 is 34.8. The van der Waals surface area contributed by atoms with E-state index in [1.807, 2.05) is 25.1 Å². The standard InChI is InChI=1S/C19H19ClN4O4S2/c1-12-2-3-15-13(10-12)11-28-19(25)24(15)14-4-6-22(7-5-14)30(26,27)17-16(20)21-18-23(17)8-9-29-18/h2-3,8-10,14H,4-7,11H2,1H3. The Labute approximate surface area is 182 Å². The van der Waals surface area contributed by atoms with Crippen LogP contribution in [0.4, 0.5) is 10.5 Å². The third-order valence-corrected chi connectivity index (χ3v) is 8.65. The van der Waals surface area contributed by atoms with Gasteiger partial charge in [0.25, 0.3) is 10.0 Å². The summed E-state index contributed by atoms with van der Waals surface area (Å²) in [5.41, 5.74) is 2.91. The fourth-order valence-corrected chi connectivity index (χ4v) is 7.03. The van der Waals surface area contributed by atoms with Crippen LogP contribution in [0, 0.1) is 6.92 Å². The molecule has 3 aromatic rings. The predicted molar refractivity (Wildman–Crippen MR) is 114 cm³/mol. The first kappa shape index (κ1) is 19.8. The second-order valence-electron chi connectivity index (χ2n) is 7.46. The van der Waals surface area contributed by atoms with Gasteiger partial charge in [-0.15, -0.1) is 11.3 Å². The lowest BCUT2D eigenvalue weighted by molar-refractivity contribution is 0.135. The van der Waals surface area contributed by atoms with Crippen LogP contribution < -0.4 is 4.90 Å². The van der Waals surface area contributed by atoms with E-state index in [1.54, 1.807) is 16.5 Å². The maximum atomic E-state index is 13.2. The molecule has 0 aliphatic carbocycles. The molecule has 30 heavy (non-hydrogen) atoms. The van der Waals surface area contributed by atoms with E-state index in [0.29, 0.717) is 17.8 Å². The highest BCUT2D eigenvalue weighted by molar-refractivity contribution is 7.89. The van der Waals surface area contributed by atoms with Gasteiger partial charge in [-0.3, -0.25) is 9.30 Å². The summed E-state index contributed by atoms with van der Waals surface area (Å²) in [4.78, 5) is 18.9. The summed E-state index contributed by atoms with van der Waals surface area (Å²) in [6, 6.07) is 5.79. The zero-order valence-electron chi connectivity index (χ0n) is 16.1. The number of thiazole rings is 1. The maximum absolute atomic E-state index is 13.2. The number of halogens is 1. The van der Waals surface area contributed by atoms with Crippen molar-refractivity contribution < 1.29 is 17.9 Å². The molecule has 0 atom stereocenters. The molecule has 1 saturated heterocycles. The molecular formula is C19H19ClN4O4S2. The minimum atomic E-state index is -3.81. The van der Waals surface area contributed by atoms with Crippen molar-refractivity contribution in [2.75, 3.05) is 18.0 Å². The Hall–Kier alpha value is -2.14. The van der Waals surface area contributed by atoms with Crippen LogP contribution in [0.5, 0.6) is 0 Å². The zero-order chi connectivity index (χ0) is 21.0. The number of amides is 1. The SMILES string of the molecule is Cc1ccc2c(c1)COC(=O)N2C1CCN(S(=O)(=O)c2c(Cl)nc3sccn23)CC1. The number of hydrogen-bond donors (Lipinski definition) is 0. The molecular weight excluding hydrogens is 448 g/mol. The third kappa shape index (κ3) is 3.09. The molecule has 11 heteroatoms. The van der Waals surface area contributed by atoms with Crippen molar-refractivity contribution in [3.8, 4) is 0 Å². The van der Waals surface area contributed by atoms with Gasteiger partial charge in [0.2, 0.25) is 0 Å². The van der Waals surface area contributed by atoms with E-state index in [1.165, 1.54) is 20.0 Å². The quantitative estimate of drug-likeness (QED) is 0.588. The van der Waals surface area contributed by atoms with Gasteiger partial charge < -0.3 is 4.74 Å². The number of aromatic nitrogens is 2. The van der Waals surface area contributed by atoms with Crippen molar-refractivity contribution in [3.05, 3.63) is 46.1 Å². The number of carbonyl (C=O) groups excluding carboxylic acids is 1. The van der Waals surface area contributed by atoms with Crippen LogP contribution in [0.2, 0.25) is 5.15 Å². The molecule has 0 spiro atoms. The van der Waals surface area contributed by atoms with Crippen LogP contribution in [0.25, 0.3) is 4.96 Å². The molecule has 2 aliphatic heterocycles. The second-order valence-corrected chi connectivity index (χ2v) is 10.5. The zero-order valence-corrected chi connectivity index (χ0v) is 18.5. The first-order chi connectivity index (χ1) is 14.4. The molecule has 0 saturated carbocycles. The predicted octanol–water partition coefficient (Wildman–Crippen LogP) is 3.67. The van der Waals surface area contributed by atoms with Crippen molar-refractivity contribution in [2.24, 2.45) is 0 Å². The third-order valence-electron chi connectivity index (χ3n) is 5.59. The fourth-order valence-electron chi connectivity index (χ4n) is 4.15. The molecule has 1 amide bonds. The number of hydrogen-bond acceptors (Lipinski definition) is 6. The van der Waals surface area contributed by atoms with Crippen LogP contribution in [0.15, 0.2) is 34.8 Å². The lowest BCUT2D eigenvalue weighted by Crippen LogP contribution is -2.50. The Morgan fingerprint density at radius 2 is 2.03 bits per heavy atom. The van der Waals surface area contributed by atoms with Gasteiger partial charge in [-0.25, -0.2) is 18.2 Å².